The van der Waals surface area contributed by atoms with Gasteiger partial charge in [-0.25, -0.2) is 0 Å². The lowest BCUT2D eigenvalue weighted by molar-refractivity contribution is -0.152. The molecule has 0 saturated carbocycles. The van der Waals surface area contributed by atoms with E-state index in [0.29, 0.717) is 18.7 Å². The van der Waals surface area contributed by atoms with E-state index >= 15 is 0 Å². The van der Waals surface area contributed by atoms with E-state index < -0.39 is 144 Å². The van der Waals surface area contributed by atoms with Crippen molar-refractivity contribution in [1.82, 2.24) is 40.0 Å². The number of rotatable bonds is 10. The van der Waals surface area contributed by atoms with Gasteiger partial charge in [-0.1, -0.05) is 65.5 Å². The van der Waals surface area contributed by atoms with Crippen molar-refractivity contribution in [1.29, 1.82) is 0 Å². The molecule has 2 heterocycles. The number of likely N-dealkylation sites (tertiary alicyclic amines) is 1. The molecule has 434 valence electrons. The average Bonchev–Trinajstić information content (AvgIpc) is 3.36. The third kappa shape index (κ3) is 19.9. The van der Waals surface area contributed by atoms with Gasteiger partial charge in [0.1, 0.15) is 30.2 Å². The number of aliphatic hydroxyl groups is 1. The highest BCUT2D eigenvalue weighted by Gasteiger charge is 2.42. The molecule has 20 heteroatoms. The lowest BCUT2D eigenvalue weighted by Gasteiger charge is -2.38. The molecule has 8 amide bonds. The number of likely N-dealkylation sites (N-methyl/N-ethyl adjacent to an activating group) is 5. The van der Waals surface area contributed by atoms with Gasteiger partial charge in [-0.3, -0.25) is 47.9 Å². The maximum Gasteiger partial charge on any atom is 0.246 e. The van der Waals surface area contributed by atoms with Gasteiger partial charge in [0, 0.05) is 74.0 Å². The lowest BCUT2D eigenvalue weighted by Crippen LogP contribution is -2.58. The molecule has 0 unspecified atom stereocenters. The average molecular weight is 1080 g/mol. The van der Waals surface area contributed by atoms with Crippen molar-refractivity contribution in [3.8, 4) is 0 Å². The molecule has 3 rings (SSSR count). The van der Waals surface area contributed by atoms with Gasteiger partial charge < -0.3 is 49.9 Å². The summed E-state index contributed by atoms with van der Waals surface area (Å²) in [6.07, 6.45) is -0.180. The van der Waals surface area contributed by atoms with Gasteiger partial charge in [0.05, 0.1) is 42.7 Å². The smallest absolute Gasteiger partial charge is 0.246 e. The number of piperidine rings is 1. The number of hydrogen-bond acceptors (Lipinski definition) is 12. The molecule has 9 atom stereocenters. The first kappa shape index (κ1) is 67.3. The molecule has 2 aliphatic heterocycles. The van der Waals surface area contributed by atoms with E-state index in [1.807, 2.05) is 27.7 Å². The zero-order chi connectivity index (χ0) is 57.5. The summed E-state index contributed by atoms with van der Waals surface area (Å²) in [5.74, 6) is -9.12. The summed E-state index contributed by atoms with van der Waals surface area (Å²) < 4.78 is 6.04. The lowest BCUT2D eigenvalue weighted by atomic mass is 9.89. The van der Waals surface area contributed by atoms with Crippen LogP contribution < -0.4 is 10.6 Å². The largest absolute Gasteiger partial charge is 0.393 e. The van der Waals surface area contributed by atoms with Gasteiger partial charge in [0.2, 0.25) is 47.3 Å². The zero-order valence-corrected chi connectivity index (χ0v) is 48.1. The van der Waals surface area contributed by atoms with Crippen LogP contribution in [-0.4, -0.2) is 203 Å². The van der Waals surface area contributed by atoms with Crippen LogP contribution in [0.1, 0.15) is 134 Å². The third-order valence-corrected chi connectivity index (χ3v) is 14.5. The molecule has 0 aromatic heterocycles. The number of hydrogen-bond donors (Lipinski definition) is 3. The van der Waals surface area contributed by atoms with Crippen LogP contribution >= 0.6 is 0 Å². The summed E-state index contributed by atoms with van der Waals surface area (Å²) in [5, 5.41) is 16.5. The highest BCUT2D eigenvalue weighted by Crippen LogP contribution is 2.25. The number of nitrogens with zero attached hydrogens (tertiary/aromatic N) is 6. The predicted octanol–water partition coefficient (Wildman–Crippen LogP) is 3.50. The van der Waals surface area contributed by atoms with Crippen molar-refractivity contribution in [2.24, 2.45) is 23.7 Å². The Labute approximate surface area is 458 Å². The fraction of sp³-hybridized carbons (Fsp3) is 0.719. The highest BCUT2D eigenvalue weighted by molar-refractivity contribution is 5.99. The number of ether oxygens (including phenoxy) is 1. The summed E-state index contributed by atoms with van der Waals surface area (Å²) in [5.41, 5.74) is -0.0783. The van der Waals surface area contributed by atoms with Crippen LogP contribution in [0, 0.1) is 23.7 Å². The number of ketones is 2. The number of amides is 8. The first-order chi connectivity index (χ1) is 35.4. The summed E-state index contributed by atoms with van der Waals surface area (Å²) in [4.78, 5) is 151. The number of carbonyl (C=O) groups excluding carboxylic acids is 10. The molecule has 2 aliphatic rings. The van der Waals surface area contributed by atoms with Crippen LogP contribution in [0.5, 0.6) is 0 Å². The molecule has 20 nitrogen and oxygen atoms in total. The van der Waals surface area contributed by atoms with Crippen LogP contribution in [0.3, 0.4) is 0 Å². The maximum absolute atomic E-state index is 14.9. The molecule has 0 spiro atoms. The Morgan fingerprint density at radius 3 is 1.78 bits per heavy atom. The van der Waals surface area contributed by atoms with Gasteiger partial charge in [-0.2, -0.15) is 0 Å². The summed E-state index contributed by atoms with van der Waals surface area (Å²) in [6, 6.07) is 1.75. The fourth-order valence-electron chi connectivity index (χ4n) is 9.64. The highest BCUT2D eigenvalue weighted by atomic mass is 16.5. The SMILES string of the molecule is C.CC(C)C[C@H]1C(=O)N[C@@H](COC(C)(C)C)C(=O)C[C@H](C(=O)N2CCCCC2)CC(=O)N[C@@H](C)C(=O)N(C)[C@@H](C)C(=O)N(C)[C@@H](Cc2ccccc2)C(=O)N(C)[C@@H](CC(C)C)C(=O)C[C@@H]([C@@H](C)O)C(=O)N(C)CC(=O)N1C. The molecule has 0 aliphatic carbocycles. The fourth-order valence-corrected chi connectivity index (χ4v) is 9.64. The second kappa shape index (κ2) is 30.4. The number of nitrogens with one attached hydrogen (secondary N) is 2. The van der Waals surface area contributed by atoms with E-state index in [1.54, 1.807) is 56.0 Å². The van der Waals surface area contributed by atoms with Crippen LogP contribution in [-0.2, 0) is 59.1 Å². The second-order valence-electron chi connectivity index (χ2n) is 23.0. The van der Waals surface area contributed by atoms with Gasteiger partial charge in [-0.05, 0) is 91.0 Å². The third-order valence-electron chi connectivity index (χ3n) is 14.5. The Kier molecular flexibility index (Phi) is 26.6. The zero-order valence-electron chi connectivity index (χ0n) is 48.1. The molecule has 1 aromatic carbocycles. The number of carbonyl (C=O) groups is 10. The van der Waals surface area contributed by atoms with E-state index in [-0.39, 0.29) is 45.1 Å². The quantitative estimate of drug-likeness (QED) is 0.305. The molecular formula is C57H94N8O12. The van der Waals surface area contributed by atoms with Crippen molar-refractivity contribution < 1.29 is 57.8 Å². The first-order valence-corrected chi connectivity index (χ1v) is 27.0. The van der Waals surface area contributed by atoms with E-state index in [2.05, 4.69) is 10.6 Å². The molecule has 1 aromatic rings. The predicted molar refractivity (Wildman–Crippen MR) is 294 cm³/mol. The van der Waals surface area contributed by atoms with Crippen molar-refractivity contribution in [3.05, 3.63) is 35.9 Å². The second-order valence-corrected chi connectivity index (χ2v) is 23.0. The topological polar surface area (TPSA) is 244 Å². The van der Waals surface area contributed by atoms with E-state index in [4.69, 9.17) is 4.74 Å². The molecular weight excluding hydrogens is 989 g/mol. The van der Waals surface area contributed by atoms with E-state index in [0.717, 1.165) is 29.1 Å². The summed E-state index contributed by atoms with van der Waals surface area (Å²) in [6.45, 7) is 17.0. The van der Waals surface area contributed by atoms with Crippen LogP contribution in [0.4, 0.5) is 0 Å². The van der Waals surface area contributed by atoms with Gasteiger partial charge in [0.15, 0.2) is 11.6 Å². The Bertz CT molecular complexity index is 2190. The number of Topliss-reactive ketones (excluding diaryl/α,β-unsaturated/α-hetero) is 2. The van der Waals surface area contributed by atoms with Crippen molar-refractivity contribution in [2.75, 3.05) is 61.5 Å². The van der Waals surface area contributed by atoms with Crippen LogP contribution in [0.25, 0.3) is 0 Å². The monoisotopic (exact) mass is 1080 g/mol. The minimum Gasteiger partial charge on any atom is -0.393 e. The molecule has 3 N–H and O–H groups in total. The summed E-state index contributed by atoms with van der Waals surface area (Å²) in [7, 11) is 7.04. The Hall–Kier alpha value is -5.76. The molecule has 2 saturated heterocycles. The van der Waals surface area contributed by atoms with Crippen molar-refractivity contribution in [2.45, 2.75) is 182 Å². The molecule has 0 bridgehead atoms. The molecule has 2 fully saturated rings. The minimum atomic E-state index is -1.38. The van der Waals surface area contributed by atoms with Crippen LogP contribution in [0.15, 0.2) is 30.3 Å². The first-order valence-electron chi connectivity index (χ1n) is 27.0. The van der Waals surface area contributed by atoms with Crippen LogP contribution in [0.2, 0.25) is 0 Å². The van der Waals surface area contributed by atoms with Crippen molar-refractivity contribution >= 4 is 58.8 Å². The Balaban J connectivity index is 0.0000203. The standard InChI is InChI=1S/C56H90N8O12.CH4/c1-34(2)26-43-47(67)31-41(38(7)65)54(74)59(11)32-49(69)61(13)44(27-35(3)4)50(70)58-42(33-76-56(8,9)10)46(66)29-40(53(73)64-24-20-17-21-25-64)30-48(68)57-36(5)51(71)60(12)37(6)52(72)63(15)45(55(75)62(43)14)28-39-22-18-16-19-23-39;/h16,18-19,22-23,34-38,40-45,65H,17,20-21,24-33H2,1-15H3,(H,57,68)(H,58,70);1H4/t36-,37-,38+,40-,41-,42-,43-,44-,45-;/m0./s1. The molecule has 0 radical (unpaired) electrons. The number of aliphatic hydroxyl groups excluding tert-OH is 1. The Morgan fingerprint density at radius 2 is 1.23 bits per heavy atom. The molecule has 77 heavy (non-hydrogen) atoms. The number of benzene rings is 1. The van der Waals surface area contributed by atoms with Crippen molar-refractivity contribution in [3.63, 3.8) is 0 Å². The van der Waals surface area contributed by atoms with Gasteiger partial charge >= 0.3 is 0 Å². The maximum atomic E-state index is 14.9. The van der Waals surface area contributed by atoms with E-state index in [9.17, 15) is 53.1 Å². The minimum absolute atomic E-state index is 0. The van der Waals surface area contributed by atoms with E-state index in [1.165, 1.54) is 70.7 Å². The van der Waals surface area contributed by atoms with Gasteiger partial charge in [-0.15, -0.1) is 0 Å². The van der Waals surface area contributed by atoms with Gasteiger partial charge in [0.25, 0.3) is 0 Å². The Morgan fingerprint density at radius 1 is 0.675 bits per heavy atom. The summed E-state index contributed by atoms with van der Waals surface area (Å²) >= 11 is 0. The normalized spacial score (nSPS) is 26.1.